The van der Waals surface area contributed by atoms with Crippen LogP contribution in [0.1, 0.15) is 23.3 Å². The first-order valence-corrected chi connectivity index (χ1v) is 7.27. The summed E-state index contributed by atoms with van der Waals surface area (Å²) in [6.07, 6.45) is 4.77. The molecule has 2 rings (SSSR count). The highest BCUT2D eigenvalue weighted by atomic mass is 32.1. The molecule has 6 heteroatoms. The molecule has 0 aliphatic rings. The number of nitrogens with one attached hydrogen (secondary N) is 1. The lowest BCUT2D eigenvalue weighted by Crippen LogP contribution is -2.18. The van der Waals surface area contributed by atoms with Crippen LogP contribution in [-0.4, -0.2) is 28.6 Å². The second kappa shape index (κ2) is 6.16. The molecule has 2 aromatic heterocycles. The van der Waals surface area contributed by atoms with Gasteiger partial charge >= 0.3 is 0 Å². The van der Waals surface area contributed by atoms with Gasteiger partial charge in [0.2, 0.25) is 0 Å². The molecule has 0 aliphatic carbocycles. The van der Waals surface area contributed by atoms with Crippen LogP contribution in [0.4, 0.5) is 5.13 Å². The fourth-order valence-electron chi connectivity index (χ4n) is 1.94. The van der Waals surface area contributed by atoms with E-state index in [2.05, 4.69) is 29.2 Å². The summed E-state index contributed by atoms with van der Waals surface area (Å²) < 4.78 is 2.04. The SMILES string of the molecule is CCc1nc(N(C)Cc2nccn2C)sc1CNC. The Balaban J connectivity index is 2.14. The summed E-state index contributed by atoms with van der Waals surface area (Å²) in [6.45, 7) is 3.81. The zero-order valence-electron chi connectivity index (χ0n) is 12.0. The first kappa shape index (κ1) is 14.0. The lowest BCUT2D eigenvalue weighted by atomic mass is 10.3. The van der Waals surface area contributed by atoms with E-state index in [1.54, 1.807) is 11.3 Å². The minimum atomic E-state index is 0.777. The molecule has 5 nitrogen and oxygen atoms in total. The van der Waals surface area contributed by atoms with Crippen molar-refractivity contribution >= 4 is 16.5 Å². The topological polar surface area (TPSA) is 46.0 Å². The van der Waals surface area contributed by atoms with Crippen molar-refractivity contribution in [2.75, 3.05) is 19.0 Å². The van der Waals surface area contributed by atoms with E-state index in [9.17, 15) is 0 Å². The number of nitrogens with zero attached hydrogens (tertiary/aromatic N) is 4. The number of anilines is 1. The minimum absolute atomic E-state index is 0.777. The average Bonchev–Trinajstić information content (AvgIpc) is 2.97. The summed E-state index contributed by atoms with van der Waals surface area (Å²) in [5.74, 6) is 1.05. The second-order valence-electron chi connectivity index (χ2n) is 4.56. The molecule has 19 heavy (non-hydrogen) atoms. The Morgan fingerprint density at radius 2 is 2.26 bits per heavy atom. The molecule has 0 fully saturated rings. The van der Waals surface area contributed by atoms with Gasteiger partial charge in [-0.1, -0.05) is 6.92 Å². The second-order valence-corrected chi connectivity index (χ2v) is 5.62. The van der Waals surface area contributed by atoms with E-state index in [0.717, 1.165) is 30.5 Å². The Labute approximate surface area is 118 Å². The summed E-state index contributed by atoms with van der Waals surface area (Å²) in [5.41, 5.74) is 1.20. The standard InChI is InChI=1S/C13H21N5S/c1-5-10-11(8-14-2)19-13(16-10)18(4)9-12-15-6-7-17(12)3/h6-7,14H,5,8-9H2,1-4H3. The third-order valence-corrected chi connectivity index (χ3v) is 4.28. The predicted molar refractivity (Wildman–Crippen MR) is 79.6 cm³/mol. The van der Waals surface area contributed by atoms with Gasteiger partial charge in [0, 0.05) is 37.9 Å². The number of imidazole rings is 1. The van der Waals surface area contributed by atoms with E-state index < -0.39 is 0 Å². The number of hydrogen-bond acceptors (Lipinski definition) is 5. The van der Waals surface area contributed by atoms with Gasteiger partial charge in [-0.3, -0.25) is 0 Å². The summed E-state index contributed by atoms with van der Waals surface area (Å²) in [4.78, 5) is 12.6. The van der Waals surface area contributed by atoms with Crippen molar-refractivity contribution in [3.8, 4) is 0 Å². The maximum Gasteiger partial charge on any atom is 0.185 e. The molecular formula is C13H21N5S. The Morgan fingerprint density at radius 3 is 2.84 bits per heavy atom. The lowest BCUT2D eigenvalue weighted by Gasteiger charge is -2.15. The molecule has 0 unspecified atom stereocenters. The van der Waals surface area contributed by atoms with Gasteiger partial charge in [-0.25, -0.2) is 9.97 Å². The normalized spacial score (nSPS) is 10.9. The Bertz CT molecular complexity index is 531. The molecule has 0 saturated carbocycles. The van der Waals surface area contributed by atoms with Crippen LogP contribution in [0.5, 0.6) is 0 Å². The van der Waals surface area contributed by atoms with E-state index in [0.29, 0.717) is 0 Å². The zero-order chi connectivity index (χ0) is 13.8. The van der Waals surface area contributed by atoms with Gasteiger partial charge in [-0.2, -0.15) is 0 Å². The monoisotopic (exact) mass is 279 g/mol. The van der Waals surface area contributed by atoms with Gasteiger partial charge in [-0.05, 0) is 13.5 Å². The van der Waals surface area contributed by atoms with Crippen LogP contribution >= 0.6 is 11.3 Å². The quantitative estimate of drug-likeness (QED) is 0.876. The van der Waals surface area contributed by atoms with Crippen LogP contribution < -0.4 is 10.2 Å². The Hall–Kier alpha value is -1.40. The number of rotatable bonds is 6. The van der Waals surface area contributed by atoms with E-state index in [1.165, 1.54) is 10.6 Å². The van der Waals surface area contributed by atoms with Gasteiger partial charge in [0.25, 0.3) is 0 Å². The van der Waals surface area contributed by atoms with E-state index in [1.807, 2.05) is 31.1 Å². The van der Waals surface area contributed by atoms with Crippen molar-refractivity contribution in [3.63, 3.8) is 0 Å². The number of hydrogen-bond donors (Lipinski definition) is 1. The van der Waals surface area contributed by atoms with Gasteiger partial charge < -0.3 is 14.8 Å². The third kappa shape index (κ3) is 3.13. The highest BCUT2D eigenvalue weighted by Gasteiger charge is 2.13. The van der Waals surface area contributed by atoms with Gasteiger partial charge in [0.15, 0.2) is 5.13 Å². The van der Waals surface area contributed by atoms with E-state index in [4.69, 9.17) is 4.98 Å². The van der Waals surface area contributed by atoms with Crippen LogP contribution in [0.3, 0.4) is 0 Å². The van der Waals surface area contributed by atoms with Gasteiger partial charge in [-0.15, -0.1) is 11.3 Å². The highest BCUT2D eigenvalue weighted by molar-refractivity contribution is 7.15. The first-order chi connectivity index (χ1) is 9.15. The molecule has 0 radical (unpaired) electrons. The molecule has 2 heterocycles. The van der Waals surface area contributed by atoms with E-state index in [-0.39, 0.29) is 0 Å². The van der Waals surface area contributed by atoms with Crippen LogP contribution in [-0.2, 0) is 26.6 Å². The fraction of sp³-hybridized carbons (Fsp3) is 0.538. The smallest absolute Gasteiger partial charge is 0.185 e. The molecule has 0 spiro atoms. The van der Waals surface area contributed by atoms with E-state index >= 15 is 0 Å². The fourth-order valence-corrected chi connectivity index (χ4v) is 3.06. The van der Waals surface area contributed by atoms with Crippen LogP contribution in [0.2, 0.25) is 0 Å². The molecular weight excluding hydrogens is 258 g/mol. The number of thiazole rings is 1. The number of aromatic nitrogens is 3. The molecule has 2 aromatic rings. The zero-order valence-corrected chi connectivity index (χ0v) is 12.8. The van der Waals surface area contributed by atoms with Gasteiger partial charge in [0.05, 0.1) is 12.2 Å². The molecule has 104 valence electrons. The Morgan fingerprint density at radius 1 is 1.47 bits per heavy atom. The van der Waals surface area contributed by atoms with Crippen molar-refractivity contribution in [3.05, 3.63) is 28.8 Å². The van der Waals surface area contributed by atoms with Crippen molar-refractivity contribution in [1.29, 1.82) is 0 Å². The third-order valence-electron chi connectivity index (χ3n) is 3.07. The minimum Gasteiger partial charge on any atom is -0.344 e. The average molecular weight is 279 g/mol. The molecule has 0 amide bonds. The summed E-state index contributed by atoms with van der Waals surface area (Å²) in [6, 6.07) is 0. The molecule has 0 aliphatic heterocycles. The summed E-state index contributed by atoms with van der Waals surface area (Å²) in [7, 11) is 6.05. The highest BCUT2D eigenvalue weighted by Crippen LogP contribution is 2.26. The molecule has 0 atom stereocenters. The predicted octanol–water partition coefficient (Wildman–Crippen LogP) is 1.79. The Kier molecular flexibility index (Phi) is 4.55. The molecule has 1 N–H and O–H groups in total. The largest absolute Gasteiger partial charge is 0.344 e. The van der Waals surface area contributed by atoms with Crippen LogP contribution in [0, 0.1) is 0 Å². The van der Waals surface area contributed by atoms with Crippen LogP contribution in [0.15, 0.2) is 12.4 Å². The lowest BCUT2D eigenvalue weighted by molar-refractivity contribution is 0.758. The van der Waals surface area contributed by atoms with Crippen molar-refractivity contribution in [1.82, 2.24) is 19.9 Å². The molecule has 0 aromatic carbocycles. The molecule has 0 saturated heterocycles. The van der Waals surface area contributed by atoms with Gasteiger partial charge in [0.1, 0.15) is 5.82 Å². The van der Waals surface area contributed by atoms with Crippen molar-refractivity contribution < 1.29 is 0 Å². The number of aryl methyl sites for hydroxylation is 2. The summed E-state index contributed by atoms with van der Waals surface area (Å²) >= 11 is 1.76. The van der Waals surface area contributed by atoms with Crippen molar-refractivity contribution in [2.24, 2.45) is 7.05 Å². The van der Waals surface area contributed by atoms with Crippen LogP contribution in [0.25, 0.3) is 0 Å². The summed E-state index contributed by atoms with van der Waals surface area (Å²) in [5, 5.41) is 4.26. The molecule has 0 bridgehead atoms. The maximum atomic E-state index is 4.72. The van der Waals surface area contributed by atoms with Crippen molar-refractivity contribution in [2.45, 2.75) is 26.4 Å². The maximum absolute atomic E-state index is 4.72. The first-order valence-electron chi connectivity index (χ1n) is 6.46.